The molecule has 0 spiro atoms. The number of nitrogens with one attached hydrogen (secondary N) is 1. The Labute approximate surface area is 205 Å². The minimum absolute atomic E-state index is 0.00686. The highest BCUT2D eigenvalue weighted by Gasteiger charge is 2.55. The summed E-state index contributed by atoms with van der Waals surface area (Å²) in [5.41, 5.74) is -2.73. The molecule has 0 aromatic heterocycles. The van der Waals surface area contributed by atoms with Gasteiger partial charge in [-0.1, -0.05) is 44.9 Å². The third-order valence-corrected chi connectivity index (χ3v) is 6.89. The Balaban J connectivity index is 2.05. The summed E-state index contributed by atoms with van der Waals surface area (Å²) in [6.45, 7) is 7.09. The minimum Gasteiger partial charge on any atom is -0.326 e. The fraction of sp³-hybridized carbons (Fsp3) is 0.462. The van der Waals surface area contributed by atoms with Crippen LogP contribution in [-0.4, -0.2) is 18.4 Å². The predicted octanol–water partition coefficient (Wildman–Crippen LogP) is 7.14. The molecule has 4 nitrogen and oxygen atoms in total. The fourth-order valence-electron chi connectivity index (χ4n) is 4.84. The average molecular weight is 515 g/mol. The second kappa shape index (κ2) is 9.78. The molecule has 2 amide bonds. The van der Waals surface area contributed by atoms with Crippen LogP contribution in [0.4, 0.5) is 37.7 Å². The average Bonchev–Trinajstić information content (AvgIpc) is 3.02. The molecule has 2 aromatic carbocycles. The van der Waals surface area contributed by atoms with Crippen molar-refractivity contribution >= 4 is 23.2 Å². The quantitative estimate of drug-likeness (QED) is 0.417. The number of carbonyl (C=O) groups excluding carboxylic acids is 2. The van der Waals surface area contributed by atoms with E-state index in [4.69, 9.17) is 0 Å². The molecule has 0 saturated carbocycles. The van der Waals surface area contributed by atoms with E-state index in [0.717, 1.165) is 11.1 Å². The summed E-state index contributed by atoms with van der Waals surface area (Å²) >= 11 is 0. The fourth-order valence-corrected chi connectivity index (χ4v) is 4.84. The molecule has 2 aromatic rings. The molecule has 1 N–H and O–H groups in total. The van der Waals surface area contributed by atoms with Gasteiger partial charge in [0, 0.05) is 17.9 Å². The number of aryl methyl sites for hydroxylation is 2. The van der Waals surface area contributed by atoms with Crippen LogP contribution in [0, 0.1) is 25.2 Å². The molecule has 10 heteroatoms. The molecule has 1 aliphatic heterocycles. The van der Waals surface area contributed by atoms with Crippen LogP contribution in [0.2, 0.25) is 0 Å². The van der Waals surface area contributed by atoms with Gasteiger partial charge in [0.05, 0.1) is 22.5 Å². The first kappa shape index (κ1) is 27.5. The molecule has 2 atom stereocenters. The van der Waals surface area contributed by atoms with Crippen LogP contribution in [0.25, 0.3) is 0 Å². The maximum atomic E-state index is 13.6. The lowest BCUT2D eigenvalue weighted by Gasteiger charge is -2.31. The number of halogens is 6. The van der Waals surface area contributed by atoms with Gasteiger partial charge in [-0.25, -0.2) is 0 Å². The number of alkyl halides is 6. The van der Waals surface area contributed by atoms with Gasteiger partial charge in [-0.15, -0.1) is 0 Å². The Kier molecular flexibility index (Phi) is 7.49. The Bertz CT molecular complexity index is 1110. The number of amides is 2. The molecule has 1 fully saturated rings. The summed E-state index contributed by atoms with van der Waals surface area (Å²) in [7, 11) is 0. The minimum atomic E-state index is -5.05. The standard InChI is InChI=1S/C26H28F6N2O2/c1-5-6-10-24(14-34(22(35)17(24)4)21-15(2)8-7-9-16(21)3)23(36)33-20-12-18(25(27,28)29)11-19(13-20)26(30,31)32/h7-9,11-13,17H,5-6,10,14H2,1-4H3,(H,33,36)/t17-,24-/m1/s1. The monoisotopic (exact) mass is 514 g/mol. The lowest BCUT2D eigenvalue weighted by Crippen LogP contribution is -2.42. The molecular weight excluding hydrogens is 486 g/mol. The number of para-hydroxylation sites is 1. The van der Waals surface area contributed by atoms with Crippen molar-refractivity contribution < 1.29 is 35.9 Å². The predicted molar refractivity (Wildman–Crippen MR) is 124 cm³/mol. The van der Waals surface area contributed by atoms with Gasteiger partial charge in [0.25, 0.3) is 0 Å². The third kappa shape index (κ3) is 5.22. The second-order valence-corrected chi connectivity index (χ2v) is 9.39. The number of carbonyl (C=O) groups is 2. The second-order valence-electron chi connectivity index (χ2n) is 9.39. The summed E-state index contributed by atoms with van der Waals surface area (Å²) in [5.74, 6) is -1.94. The number of benzene rings is 2. The molecule has 1 aliphatic rings. The van der Waals surface area contributed by atoms with Crippen LogP contribution in [0.3, 0.4) is 0 Å². The van der Waals surface area contributed by atoms with Gasteiger partial charge in [0.15, 0.2) is 0 Å². The molecule has 0 aliphatic carbocycles. The van der Waals surface area contributed by atoms with E-state index in [1.165, 1.54) is 4.90 Å². The number of hydrogen-bond acceptors (Lipinski definition) is 2. The van der Waals surface area contributed by atoms with E-state index < -0.39 is 46.4 Å². The zero-order valence-corrected chi connectivity index (χ0v) is 20.4. The van der Waals surface area contributed by atoms with E-state index >= 15 is 0 Å². The first-order chi connectivity index (χ1) is 16.6. The van der Waals surface area contributed by atoms with E-state index in [0.29, 0.717) is 30.7 Å². The van der Waals surface area contributed by atoms with E-state index in [1.807, 2.05) is 39.0 Å². The van der Waals surface area contributed by atoms with Crippen LogP contribution in [0.1, 0.15) is 55.4 Å². The lowest BCUT2D eigenvalue weighted by molar-refractivity contribution is -0.143. The van der Waals surface area contributed by atoms with Gasteiger partial charge in [-0.2, -0.15) is 26.3 Å². The Morgan fingerprint density at radius 1 is 1.03 bits per heavy atom. The molecule has 196 valence electrons. The van der Waals surface area contributed by atoms with Crippen LogP contribution in [0.15, 0.2) is 36.4 Å². The van der Waals surface area contributed by atoms with Gasteiger partial charge < -0.3 is 10.2 Å². The number of unbranched alkanes of at least 4 members (excludes halogenated alkanes) is 1. The van der Waals surface area contributed by atoms with E-state index in [9.17, 15) is 35.9 Å². The Morgan fingerprint density at radius 3 is 2.03 bits per heavy atom. The number of rotatable bonds is 6. The SMILES string of the molecule is CCCC[C@@]1(C(=O)Nc2cc(C(F)(F)F)cc(C(F)(F)F)c2)CN(c2c(C)cccc2C)C(=O)[C@H]1C. The number of nitrogens with zero attached hydrogens (tertiary/aromatic N) is 1. The van der Waals surface area contributed by atoms with Crippen LogP contribution >= 0.6 is 0 Å². The molecule has 1 heterocycles. The van der Waals surface area contributed by atoms with Gasteiger partial charge >= 0.3 is 12.4 Å². The summed E-state index contributed by atoms with van der Waals surface area (Å²) in [6, 6.07) is 6.45. The van der Waals surface area contributed by atoms with Crippen molar-refractivity contribution in [2.45, 2.75) is 59.3 Å². The van der Waals surface area contributed by atoms with E-state index in [1.54, 1.807) is 6.92 Å². The number of anilines is 2. The molecule has 3 rings (SSSR count). The van der Waals surface area contributed by atoms with Gasteiger partial charge in [-0.05, 0) is 49.6 Å². The summed E-state index contributed by atoms with van der Waals surface area (Å²) < 4.78 is 79.9. The first-order valence-electron chi connectivity index (χ1n) is 11.6. The van der Waals surface area contributed by atoms with Crippen molar-refractivity contribution in [1.29, 1.82) is 0 Å². The van der Waals surface area contributed by atoms with Crippen LogP contribution in [0.5, 0.6) is 0 Å². The van der Waals surface area contributed by atoms with E-state index in [-0.39, 0.29) is 24.9 Å². The van der Waals surface area contributed by atoms with Gasteiger partial charge in [0.1, 0.15) is 0 Å². The lowest BCUT2D eigenvalue weighted by atomic mass is 9.74. The van der Waals surface area contributed by atoms with Gasteiger partial charge in [0.2, 0.25) is 11.8 Å². The number of hydrogen-bond donors (Lipinski definition) is 1. The Morgan fingerprint density at radius 2 is 1.56 bits per heavy atom. The maximum absolute atomic E-state index is 13.6. The summed E-state index contributed by atoms with van der Waals surface area (Å²) in [4.78, 5) is 28.5. The molecule has 0 bridgehead atoms. The zero-order valence-electron chi connectivity index (χ0n) is 20.4. The maximum Gasteiger partial charge on any atom is 0.416 e. The normalized spacial score (nSPS) is 20.7. The van der Waals surface area contributed by atoms with Crippen molar-refractivity contribution in [2.75, 3.05) is 16.8 Å². The highest BCUT2D eigenvalue weighted by Crippen LogP contribution is 2.46. The molecule has 36 heavy (non-hydrogen) atoms. The molecule has 0 radical (unpaired) electrons. The van der Waals surface area contributed by atoms with Gasteiger partial charge in [-0.3, -0.25) is 9.59 Å². The third-order valence-electron chi connectivity index (χ3n) is 6.89. The van der Waals surface area contributed by atoms with Crippen molar-refractivity contribution in [3.63, 3.8) is 0 Å². The highest BCUT2D eigenvalue weighted by atomic mass is 19.4. The highest BCUT2D eigenvalue weighted by molar-refractivity contribution is 6.07. The molecule has 0 unspecified atom stereocenters. The van der Waals surface area contributed by atoms with Crippen molar-refractivity contribution in [3.8, 4) is 0 Å². The van der Waals surface area contributed by atoms with Crippen molar-refractivity contribution in [1.82, 2.24) is 0 Å². The summed E-state index contributed by atoms with van der Waals surface area (Å²) in [5, 5.41) is 2.29. The zero-order chi connectivity index (χ0) is 27.1. The van der Waals surface area contributed by atoms with Crippen molar-refractivity contribution in [3.05, 3.63) is 58.7 Å². The smallest absolute Gasteiger partial charge is 0.326 e. The largest absolute Gasteiger partial charge is 0.416 e. The van der Waals surface area contributed by atoms with E-state index in [2.05, 4.69) is 5.32 Å². The summed E-state index contributed by atoms with van der Waals surface area (Å²) in [6.07, 6.45) is -8.62. The van der Waals surface area contributed by atoms with Crippen LogP contribution in [-0.2, 0) is 21.9 Å². The molecular formula is C26H28F6N2O2. The topological polar surface area (TPSA) is 49.4 Å². The Hall–Kier alpha value is -3.04. The van der Waals surface area contributed by atoms with Crippen LogP contribution < -0.4 is 10.2 Å². The molecule has 1 saturated heterocycles. The first-order valence-corrected chi connectivity index (χ1v) is 11.6. The van der Waals surface area contributed by atoms with Crippen molar-refractivity contribution in [2.24, 2.45) is 11.3 Å².